The van der Waals surface area contributed by atoms with Crippen molar-refractivity contribution in [3.8, 4) is 5.69 Å². The molecule has 27 heavy (non-hydrogen) atoms. The number of anilines is 1. The first-order valence-electron chi connectivity index (χ1n) is 8.01. The summed E-state index contributed by atoms with van der Waals surface area (Å²) in [6.45, 7) is 1.66. The van der Waals surface area contributed by atoms with Crippen molar-refractivity contribution in [3.05, 3.63) is 77.2 Å². The molecule has 1 N–H and O–H groups in total. The third-order valence-corrected chi connectivity index (χ3v) is 3.77. The highest BCUT2D eigenvalue weighted by Gasteiger charge is 2.30. The summed E-state index contributed by atoms with van der Waals surface area (Å²) in [6, 6.07) is 11.8. The van der Waals surface area contributed by atoms with Gasteiger partial charge in [0.15, 0.2) is 0 Å². The van der Waals surface area contributed by atoms with Crippen molar-refractivity contribution in [2.45, 2.75) is 19.5 Å². The van der Waals surface area contributed by atoms with Gasteiger partial charge < -0.3 is 5.32 Å². The number of rotatable bonds is 4. The maximum atomic E-state index is 13.2. The van der Waals surface area contributed by atoms with Crippen molar-refractivity contribution in [3.63, 3.8) is 0 Å². The Kier molecular flexibility index (Phi) is 4.98. The highest BCUT2D eigenvalue weighted by atomic mass is 19.4. The fourth-order valence-corrected chi connectivity index (χ4v) is 2.62. The van der Waals surface area contributed by atoms with E-state index >= 15 is 0 Å². The quantitative estimate of drug-likeness (QED) is 0.680. The van der Waals surface area contributed by atoms with Gasteiger partial charge in [-0.05, 0) is 42.8 Å². The Bertz CT molecular complexity index is 979. The van der Waals surface area contributed by atoms with E-state index < -0.39 is 23.5 Å². The van der Waals surface area contributed by atoms with E-state index in [4.69, 9.17) is 0 Å². The van der Waals surface area contributed by atoms with E-state index in [1.807, 2.05) is 0 Å². The van der Waals surface area contributed by atoms with Gasteiger partial charge in [-0.1, -0.05) is 18.2 Å². The van der Waals surface area contributed by atoms with Crippen molar-refractivity contribution in [2.75, 3.05) is 5.32 Å². The number of nitrogens with zero attached hydrogens (tertiary/aromatic N) is 2. The summed E-state index contributed by atoms with van der Waals surface area (Å²) in [5.41, 5.74) is 0.354. The molecule has 1 aromatic heterocycles. The summed E-state index contributed by atoms with van der Waals surface area (Å²) in [4.78, 5) is 12.3. The van der Waals surface area contributed by atoms with Crippen LogP contribution in [-0.2, 0) is 17.4 Å². The molecule has 0 aliphatic heterocycles. The first kappa shape index (κ1) is 18.6. The van der Waals surface area contributed by atoms with Crippen LogP contribution in [0.3, 0.4) is 0 Å². The highest BCUT2D eigenvalue weighted by molar-refractivity contribution is 5.91. The molecular formula is C19H15F4N3O. The largest absolute Gasteiger partial charge is 0.416 e. The molecule has 0 spiro atoms. The molecule has 0 saturated heterocycles. The predicted octanol–water partition coefficient (Wildman–Crippen LogP) is 4.52. The van der Waals surface area contributed by atoms with Gasteiger partial charge in [0.05, 0.1) is 23.4 Å². The summed E-state index contributed by atoms with van der Waals surface area (Å²) in [5, 5.41) is 6.77. The zero-order valence-electron chi connectivity index (χ0n) is 14.2. The molecule has 0 fully saturated rings. The van der Waals surface area contributed by atoms with E-state index in [0.717, 1.165) is 12.1 Å². The maximum Gasteiger partial charge on any atom is 0.416 e. The van der Waals surface area contributed by atoms with Gasteiger partial charge in [-0.3, -0.25) is 4.79 Å². The van der Waals surface area contributed by atoms with Crippen molar-refractivity contribution in [2.24, 2.45) is 0 Å². The molecular weight excluding hydrogens is 362 g/mol. The number of hydrogen-bond acceptors (Lipinski definition) is 2. The Hall–Kier alpha value is -3.16. The molecule has 0 atom stereocenters. The number of hydrogen-bond donors (Lipinski definition) is 1. The minimum atomic E-state index is -4.49. The van der Waals surface area contributed by atoms with Gasteiger partial charge in [0.1, 0.15) is 11.6 Å². The normalized spacial score (nSPS) is 11.4. The number of aromatic nitrogens is 2. The fraction of sp³-hybridized carbons (Fsp3) is 0.158. The standard InChI is InChI=1S/C19H15F4N3O/c1-12-8-17(24-18(27)10-13-4-2-6-15(20)9-13)26(25-12)16-7-3-5-14(11-16)19(21,22)23/h2-9,11H,10H2,1H3,(H,24,27). The molecule has 0 unspecified atom stereocenters. The average molecular weight is 377 g/mol. The first-order valence-corrected chi connectivity index (χ1v) is 8.01. The van der Waals surface area contributed by atoms with Crippen LogP contribution in [0.15, 0.2) is 54.6 Å². The van der Waals surface area contributed by atoms with Crippen molar-refractivity contribution >= 4 is 11.7 Å². The molecule has 0 bridgehead atoms. The smallest absolute Gasteiger partial charge is 0.310 e. The second-order valence-corrected chi connectivity index (χ2v) is 5.99. The van der Waals surface area contributed by atoms with Crippen LogP contribution in [0, 0.1) is 12.7 Å². The average Bonchev–Trinajstić information content (AvgIpc) is 2.94. The van der Waals surface area contributed by atoms with E-state index in [1.54, 1.807) is 19.1 Å². The molecule has 1 amide bonds. The monoisotopic (exact) mass is 377 g/mol. The number of nitrogens with one attached hydrogen (secondary N) is 1. The Labute approximate surface area is 152 Å². The highest BCUT2D eigenvalue weighted by Crippen LogP contribution is 2.31. The lowest BCUT2D eigenvalue weighted by Gasteiger charge is -2.12. The lowest BCUT2D eigenvalue weighted by atomic mass is 10.1. The van der Waals surface area contributed by atoms with Gasteiger partial charge in [0, 0.05) is 6.07 Å². The van der Waals surface area contributed by atoms with Crippen LogP contribution in [0.4, 0.5) is 23.4 Å². The van der Waals surface area contributed by atoms with Gasteiger partial charge in [-0.2, -0.15) is 18.3 Å². The van der Waals surface area contributed by atoms with Crippen molar-refractivity contribution in [1.82, 2.24) is 9.78 Å². The Morgan fingerprint density at radius 1 is 1.11 bits per heavy atom. The zero-order valence-corrected chi connectivity index (χ0v) is 14.2. The van der Waals surface area contributed by atoms with E-state index in [0.29, 0.717) is 11.3 Å². The predicted molar refractivity (Wildman–Crippen MR) is 92.0 cm³/mol. The molecule has 1 heterocycles. The van der Waals surface area contributed by atoms with Gasteiger partial charge in [0.25, 0.3) is 0 Å². The number of aryl methyl sites for hydroxylation is 1. The van der Waals surface area contributed by atoms with Crippen LogP contribution in [-0.4, -0.2) is 15.7 Å². The Morgan fingerprint density at radius 2 is 1.85 bits per heavy atom. The van der Waals surface area contributed by atoms with Gasteiger partial charge >= 0.3 is 6.18 Å². The van der Waals surface area contributed by atoms with Crippen LogP contribution in [0.25, 0.3) is 5.69 Å². The molecule has 0 radical (unpaired) electrons. The van der Waals surface area contributed by atoms with Crippen molar-refractivity contribution < 1.29 is 22.4 Å². The van der Waals surface area contributed by atoms with Crippen LogP contribution in [0.2, 0.25) is 0 Å². The SMILES string of the molecule is Cc1cc(NC(=O)Cc2cccc(F)c2)n(-c2cccc(C(F)(F)F)c2)n1. The maximum absolute atomic E-state index is 13.2. The fourth-order valence-electron chi connectivity index (χ4n) is 2.62. The number of carbonyl (C=O) groups is 1. The van der Waals surface area contributed by atoms with E-state index in [1.165, 1.54) is 35.0 Å². The molecule has 0 aliphatic carbocycles. The van der Waals surface area contributed by atoms with Gasteiger partial charge in [0.2, 0.25) is 5.91 Å². The summed E-state index contributed by atoms with van der Waals surface area (Å²) in [5.74, 6) is -0.660. The summed E-state index contributed by atoms with van der Waals surface area (Å²) in [6.07, 6.45) is -4.57. The summed E-state index contributed by atoms with van der Waals surface area (Å²) < 4.78 is 53.3. The first-order chi connectivity index (χ1) is 12.7. The van der Waals surface area contributed by atoms with Crippen LogP contribution in [0.1, 0.15) is 16.8 Å². The third-order valence-electron chi connectivity index (χ3n) is 3.77. The Morgan fingerprint density at radius 3 is 2.56 bits per heavy atom. The Balaban J connectivity index is 1.85. The minimum Gasteiger partial charge on any atom is -0.310 e. The van der Waals surface area contributed by atoms with E-state index in [9.17, 15) is 22.4 Å². The molecule has 8 heteroatoms. The molecule has 0 saturated carbocycles. The molecule has 140 valence electrons. The minimum absolute atomic E-state index is 0.0788. The van der Waals surface area contributed by atoms with Gasteiger partial charge in [-0.25, -0.2) is 9.07 Å². The summed E-state index contributed by atoms with van der Waals surface area (Å²) in [7, 11) is 0. The zero-order chi connectivity index (χ0) is 19.6. The second-order valence-electron chi connectivity index (χ2n) is 5.99. The van der Waals surface area contributed by atoms with Crippen LogP contribution in [0.5, 0.6) is 0 Å². The van der Waals surface area contributed by atoms with Gasteiger partial charge in [-0.15, -0.1) is 0 Å². The van der Waals surface area contributed by atoms with E-state index in [2.05, 4.69) is 10.4 Å². The molecule has 0 aliphatic rings. The summed E-state index contributed by atoms with van der Waals surface area (Å²) >= 11 is 0. The van der Waals surface area contributed by atoms with Crippen molar-refractivity contribution in [1.29, 1.82) is 0 Å². The molecule has 4 nitrogen and oxygen atoms in total. The number of carbonyl (C=O) groups excluding carboxylic acids is 1. The number of benzene rings is 2. The van der Waals surface area contributed by atoms with Crippen LogP contribution < -0.4 is 5.32 Å². The van der Waals surface area contributed by atoms with Crippen LogP contribution >= 0.6 is 0 Å². The molecule has 3 aromatic rings. The topological polar surface area (TPSA) is 46.9 Å². The number of alkyl halides is 3. The lowest BCUT2D eigenvalue weighted by Crippen LogP contribution is -2.17. The second kappa shape index (κ2) is 7.22. The molecule has 3 rings (SSSR count). The number of halogens is 4. The molecule has 2 aromatic carbocycles. The van der Waals surface area contributed by atoms with E-state index in [-0.39, 0.29) is 17.9 Å². The third kappa shape index (κ3) is 4.52. The number of amides is 1. The lowest BCUT2D eigenvalue weighted by molar-refractivity contribution is -0.137.